The lowest BCUT2D eigenvalue weighted by molar-refractivity contribution is 0.0596. The highest BCUT2D eigenvalue weighted by molar-refractivity contribution is 5.89. The van der Waals surface area contributed by atoms with Crippen molar-refractivity contribution in [2.75, 3.05) is 5.48 Å². The molecule has 17 heavy (non-hydrogen) atoms. The van der Waals surface area contributed by atoms with Gasteiger partial charge in [0.15, 0.2) is 0 Å². The minimum absolute atomic E-state index is 0.343. The highest BCUT2D eigenvalue weighted by Crippen LogP contribution is 2.09. The number of nitrogens with one attached hydrogen (secondary N) is 1. The molecule has 2 aromatic carbocycles. The Kier molecular flexibility index (Phi) is 3.35. The van der Waals surface area contributed by atoms with Crippen LogP contribution in [0.2, 0.25) is 0 Å². The van der Waals surface area contributed by atoms with E-state index in [-0.39, 0.29) is 5.82 Å². The Hall–Kier alpha value is -2.36. The summed E-state index contributed by atoms with van der Waals surface area (Å²) in [5.41, 5.74) is 3.41. The molecule has 0 spiro atoms. The van der Waals surface area contributed by atoms with Crippen LogP contribution in [0, 0.1) is 5.82 Å². The average molecular weight is 231 g/mol. The minimum Gasteiger partial charge on any atom is -0.338 e. The first-order valence-electron chi connectivity index (χ1n) is 5.03. The van der Waals surface area contributed by atoms with E-state index in [2.05, 4.69) is 5.48 Å². The van der Waals surface area contributed by atoms with Crippen LogP contribution in [-0.4, -0.2) is 5.97 Å². The highest BCUT2D eigenvalue weighted by atomic mass is 19.1. The second-order valence-electron chi connectivity index (χ2n) is 3.36. The summed E-state index contributed by atoms with van der Waals surface area (Å²) in [7, 11) is 0. The number of hydrogen-bond donors (Lipinski definition) is 1. The Morgan fingerprint density at radius 2 is 1.65 bits per heavy atom. The number of anilines is 1. The van der Waals surface area contributed by atoms with Crippen molar-refractivity contribution in [1.29, 1.82) is 0 Å². The van der Waals surface area contributed by atoms with Crippen LogP contribution >= 0.6 is 0 Å². The van der Waals surface area contributed by atoms with Crippen molar-refractivity contribution in [1.82, 2.24) is 0 Å². The normalized spacial score (nSPS) is 9.71. The Morgan fingerprint density at radius 3 is 2.29 bits per heavy atom. The van der Waals surface area contributed by atoms with E-state index in [0.29, 0.717) is 11.3 Å². The molecule has 0 aliphatic heterocycles. The summed E-state index contributed by atoms with van der Waals surface area (Å²) in [6.45, 7) is 0. The second kappa shape index (κ2) is 5.12. The maximum atomic E-state index is 12.6. The molecule has 0 bridgehead atoms. The van der Waals surface area contributed by atoms with E-state index >= 15 is 0 Å². The topological polar surface area (TPSA) is 38.3 Å². The number of halogens is 1. The first kappa shape index (κ1) is 11.1. The monoisotopic (exact) mass is 231 g/mol. The van der Waals surface area contributed by atoms with Gasteiger partial charge in [0.1, 0.15) is 5.82 Å². The summed E-state index contributed by atoms with van der Waals surface area (Å²) in [6.07, 6.45) is 0. The van der Waals surface area contributed by atoms with Crippen molar-refractivity contribution in [2.45, 2.75) is 0 Å². The van der Waals surface area contributed by atoms with Crippen LogP contribution in [0.4, 0.5) is 10.1 Å². The predicted octanol–water partition coefficient (Wildman–Crippen LogP) is 3.01. The van der Waals surface area contributed by atoms with E-state index in [9.17, 15) is 9.18 Å². The highest BCUT2D eigenvalue weighted by Gasteiger charge is 2.05. The fourth-order valence-electron chi connectivity index (χ4n) is 1.26. The molecule has 0 saturated carbocycles. The number of carbonyl (C=O) groups excluding carboxylic acids is 1. The van der Waals surface area contributed by atoms with Crippen LogP contribution in [0.15, 0.2) is 54.6 Å². The maximum Gasteiger partial charge on any atom is 0.362 e. The van der Waals surface area contributed by atoms with Crippen molar-refractivity contribution in [2.24, 2.45) is 0 Å². The zero-order valence-corrected chi connectivity index (χ0v) is 8.89. The Bertz CT molecular complexity index is 497. The Morgan fingerprint density at radius 1 is 1.00 bits per heavy atom. The van der Waals surface area contributed by atoms with Gasteiger partial charge < -0.3 is 4.84 Å². The fourth-order valence-corrected chi connectivity index (χ4v) is 1.26. The second-order valence-corrected chi connectivity index (χ2v) is 3.36. The van der Waals surface area contributed by atoms with Crippen LogP contribution in [-0.2, 0) is 4.84 Å². The van der Waals surface area contributed by atoms with Gasteiger partial charge in [-0.3, -0.25) is 0 Å². The van der Waals surface area contributed by atoms with Crippen molar-refractivity contribution >= 4 is 11.7 Å². The predicted molar refractivity (Wildman–Crippen MR) is 61.9 cm³/mol. The van der Waals surface area contributed by atoms with Gasteiger partial charge in [-0.05, 0) is 36.4 Å². The van der Waals surface area contributed by atoms with E-state index in [1.165, 1.54) is 24.3 Å². The lowest BCUT2D eigenvalue weighted by Crippen LogP contribution is -2.10. The van der Waals surface area contributed by atoms with E-state index in [1.807, 2.05) is 6.07 Å². The lowest BCUT2D eigenvalue weighted by Gasteiger charge is -2.06. The van der Waals surface area contributed by atoms with Crippen LogP contribution in [0.25, 0.3) is 0 Å². The van der Waals surface area contributed by atoms with Gasteiger partial charge in [-0.2, -0.15) is 0 Å². The summed E-state index contributed by atoms with van der Waals surface area (Å²) < 4.78 is 12.6. The van der Waals surface area contributed by atoms with Gasteiger partial charge in [0, 0.05) is 0 Å². The van der Waals surface area contributed by atoms with Gasteiger partial charge >= 0.3 is 5.97 Å². The lowest BCUT2D eigenvalue weighted by atomic mass is 10.2. The molecule has 2 rings (SSSR count). The smallest absolute Gasteiger partial charge is 0.338 e. The molecule has 0 amide bonds. The first-order valence-corrected chi connectivity index (χ1v) is 5.03. The summed E-state index contributed by atoms with van der Waals surface area (Å²) in [6, 6.07) is 14.1. The molecule has 0 unspecified atom stereocenters. The molecule has 0 radical (unpaired) electrons. The van der Waals surface area contributed by atoms with Crippen LogP contribution < -0.4 is 5.48 Å². The van der Waals surface area contributed by atoms with Gasteiger partial charge in [0.05, 0.1) is 11.3 Å². The largest absolute Gasteiger partial charge is 0.362 e. The van der Waals surface area contributed by atoms with E-state index in [0.717, 1.165) is 0 Å². The molecule has 0 heterocycles. The quantitative estimate of drug-likeness (QED) is 0.825. The summed E-state index contributed by atoms with van der Waals surface area (Å²) in [4.78, 5) is 16.4. The molecule has 2 aromatic rings. The summed E-state index contributed by atoms with van der Waals surface area (Å²) in [5.74, 6) is -0.833. The minimum atomic E-state index is -0.491. The molecule has 0 saturated heterocycles. The number of carbonyl (C=O) groups is 1. The molecule has 4 heteroatoms. The van der Waals surface area contributed by atoms with Crippen molar-refractivity contribution in [3.05, 3.63) is 66.0 Å². The van der Waals surface area contributed by atoms with Crippen molar-refractivity contribution < 1.29 is 14.0 Å². The molecule has 0 fully saturated rings. The van der Waals surface area contributed by atoms with Gasteiger partial charge in [-0.25, -0.2) is 14.7 Å². The first-order chi connectivity index (χ1) is 8.25. The molecular formula is C13H10FNO2. The third-order valence-corrected chi connectivity index (χ3v) is 2.12. The third-order valence-electron chi connectivity index (χ3n) is 2.12. The van der Waals surface area contributed by atoms with Gasteiger partial charge in [0.2, 0.25) is 0 Å². The van der Waals surface area contributed by atoms with E-state index in [4.69, 9.17) is 4.84 Å². The standard InChI is InChI=1S/C13H10FNO2/c14-11-6-8-12(9-7-11)15-17-13(16)10-4-2-1-3-5-10/h1-9,15H. The summed E-state index contributed by atoms with van der Waals surface area (Å²) >= 11 is 0. The van der Waals surface area contributed by atoms with Crippen LogP contribution in [0.3, 0.4) is 0 Å². The van der Waals surface area contributed by atoms with Gasteiger partial charge in [-0.1, -0.05) is 18.2 Å². The van der Waals surface area contributed by atoms with Crippen molar-refractivity contribution in [3.8, 4) is 0 Å². The number of hydrogen-bond acceptors (Lipinski definition) is 3. The van der Waals surface area contributed by atoms with E-state index < -0.39 is 5.97 Å². The average Bonchev–Trinajstić information content (AvgIpc) is 2.39. The molecule has 0 aliphatic rings. The Labute approximate surface area is 97.8 Å². The molecule has 1 N–H and O–H groups in total. The van der Waals surface area contributed by atoms with E-state index in [1.54, 1.807) is 24.3 Å². The third kappa shape index (κ3) is 3.04. The molecule has 3 nitrogen and oxygen atoms in total. The molecule has 0 aromatic heterocycles. The molecule has 86 valence electrons. The number of benzene rings is 2. The van der Waals surface area contributed by atoms with Crippen LogP contribution in [0.5, 0.6) is 0 Å². The van der Waals surface area contributed by atoms with Gasteiger partial charge in [0.25, 0.3) is 0 Å². The molecular weight excluding hydrogens is 221 g/mol. The van der Waals surface area contributed by atoms with Crippen molar-refractivity contribution in [3.63, 3.8) is 0 Å². The number of rotatable bonds is 3. The fraction of sp³-hybridized carbons (Fsp3) is 0. The SMILES string of the molecule is O=C(ONc1ccc(F)cc1)c1ccccc1. The molecule has 0 atom stereocenters. The zero-order valence-electron chi connectivity index (χ0n) is 8.89. The zero-order chi connectivity index (χ0) is 12.1. The van der Waals surface area contributed by atoms with Crippen LogP contribution in [0.1, 0.15) is 10.4 Å². The molecule has 0 aliphatic carbocycles. The summed E-state index contributed by atoms with van der Waals surface area (Å²) in [5, 5.41) is 0. The maximum absolute atomic E-state index is 12.6. The van der Waals surface area contributed by atoms with Gasteiger partial charge in [-0.15, -0.1) is 0 Å². The Balaban J connectivity index is 1.95.